The highest BCUT2D eigenvalue weighted by atomic mass is 32.2. The van der Waals surface area contributed by atoms with Crippen LogP contribution in [0.1, 0.15) is 34.0 Å². The number of fused-ring (bicyclic) bond motifs is 2. The first kappa shape index (κ1) is 23.8. The molecule has 2 heterocycles. The molecule has 0 aliphatic carbocycles. The van der Waals surface area contributed by atoms with Crippen LogP contribution in [0.25, 0.3) is 33.3 Å². The zero-order valence-electron chi connectivity index (χ0n) is 20.2. The van der Waals surface area contributed by atoms with E-state index in [1.165, 1.54) is 0 Å². The van der Waals surface area contributed by atoms with Crippen molar-refractivity contribution in [2.24, 2.45) is 0 Å². The summed E-state index contributed by atoms with van der Waals surface area (Å²) in [6, 6.07) is 20.3. The minimum atomic E-state index is -1.06. The molecule has 0 amide bonds. The van der Waals surface area contributed by atoms with Gasteiger partial charge in [0.1, 0.15) is 23.6 Å². The molecule has 0 saturated carbocycles. The molecule has 2 aromatic heterocycles. The van der Waals surface area contributed by atoms with Crippen molar-refractivity contribution >= 4 is 38.6 Å². The number of benzene rings is 3. The number of aromatic carboxylic acids is 1. The molecule has 1 unspecified atom stereocenters. The fraction of sp³-hybridized carbons (Fsp3) is 0.172. The predicted octanol–water partition coefficient (Wildman–Crippen LogP) is 6.53. The first-order valence-corrected chi connectivity index (χ1v) is 13.2. The van der Waals surface area contributed by atoms with Crippen LogP contribution in [0, 0.1) is 6.92 Å². The van der Waals surface area contributed by atoms with Crippen molar-refractivity contribution in [2.75, 3.05) is 6.26 Å². The fourth-order valence-corrected chi connectivity index (χ4v) is 4.93. The van der Waals surface area contributed by atoms with Crippen LogP contribution >= 0.6 is 0 Å². The predicted molar refractivity (Wildman–Crippen MR) is 141 cm³/mol. The van der Waals surface area contributed by atoms with E-state index in [-0.39, 0.29) is 12.2 Å². The van der Waals surface area contributed by atoms with Crippen LogP contribution in [-0.4, -0.2) is 26.5 Å². The molecule has 1 atom stereocenters. The van der Waals surface area contributed by atoms with E-state index in [1.807, 2.05) is 56.3 Å². The van der Waals surface area contributed by atoms with Gasteiger partial charge in [0.25, 0.3) is 0 Å². The average molecular weight is 500 g/mol. The molecule has 0 radical (unpaired) electrons. The Morgan fingerprint density at radius 1 is 1.08 bits per heavy atom. The van der Waals surface area contributed by atoms with Crippen LogP contribution in [0.4, 0.5) is 0 Å². The van der Waals surface area contributed by atoms with Crippen LogP contribution in [0.5, 0.6) is 5.75 Å². The van der Waals surface area contributed by atoms with Crippen molar-refractivity contribution in [3.63, 3.8) is 0 Å². The molecule has 182 valence electrons. The highest BCUT2D eigenvalue weighted by Gasteiger charge is 2.22. The number of hydrogen-bond acceptors (Lipinski definition) is 5. The number of nitrogens with zero attached hydrogens (tertiary/aromatic N) is 1. The summed E-state index contributed by atoms with van der Waals surface area (Å²) >= 11 is 0. The van der Waals surface area contributed by atoms with Gasteiger partial charge in [-0.2, -0.15) is 0 Å². The number of carboxylic acid groups (broad SMARTS) is 1. The van der Waals surface area contributed by atoms with Gasteiger partial charge in [0, 0.05) is 32.9 Å². The second kappa shape index (κ2) is 9.59. The lowest BCUT2D eigenvalue weighted by molar-refractivity contribution is 0.0698. The average Bonchev–Trinajstić information content (AvgIpc) is 3.23. The minimum absolute atomic E-state index is 0.108. The number of carboxylic acids is 1. The van der Waals surface area contributed by atoms with Gasteiger partial charge in [0.15, 0.2) is 5.76 Å². The SMILES string of the molecule is CCc1ccc(OCc2ccc(S(C)=O)cc2)c2c(C(=O)O)cc(-c3oc4ccccc4c3C)nc12. The van der Waals surface area contributed by atoms with Crippen molar-refractivity contribution in [2.45, 2.75) is 31.8 Å². The zero-order chi connectivity index (χ0) is 25.4. The number of aromatic nitrogens is 1. The Kier molecular flexibility index (Phi) is 6.33. The second-order valence-electron chi connectivity index (χ2n) is 8.60. The molecule has 36 heavy (non-hydrogen) atoms. The molecule has 7 heteroatoms. The van der Waals surface area contributed by atoms with Gasteiger partial charge in [-0.05, 0) is 54.8 Å². The third kappa shape index (κ3) is 4.27. The van der Waals surface area contributed by atoms with Crippen LogP contribution in [-0.2, 0) is 23.8 Å². The zero-order valence-corrected chi connectivity index (χ0v) is 21.0. The largest absolute Gasteiger partial charge is 0.488 e. The number of para-hydroxylation sites is 1. The highest BCUT2D eigenvalue weighted by molar-refractivity contribution is 7.84. The Hall–Kier alpha value is -3.97. The number of rotatable bonds is 7. The molecular formula is C29H25NO5S. The lowest BCUT2D eigenvalue weighted by Gasteiger charge is -2.15. The van der Waals surface area contributed by atoms with Gasteiger partial charge < -0.3 is 14.3 Å². The number of ether oxygens (including phenoxy) is 1. The van der Waals surface area contributed by atoms with E-state index in [4.69, 9.17) is 14.1 Å². The Balaban J connectivity index is 1.63. The fourth-order valence-electron chi connectivity index (χ4n) is 4.41. The maximum Gasteiger partial charge on any atom is 0.336 e. The lowest BCUT2D eigenvalue weighted by Crippen LogP contribution is -2.05. The van der Waals surface area contributed by atoms with Crippen molar-refractivity contribution in [1.29, 1.82) is 0 Å². The molecule has 0 saturated heterocycles. The third-order valence-corrected chi connectivity index (χ3v) is 7.28. The third-order valence-electron chi connectivity index (χ3n) is 6.34. The summed E-state index contributed by atoms with van der Waals surface area (Å²) in [6.07, 6.45) is 2.31. The molecule has 1 N–H and O–H groups in total. The summed E-state index contributed by atoms with van der Waals surface area (Å²) in [5.74, 6) is -0.0595. The van der Waals surface area contributed by atoms with E-state index in [1.54, 1.807) is 30.5 Å². The Labute approximate surface area is 211 Å². The molecule has 3 aromatic carbocycles. The monoisotopic (exact) mass is 499 g/mol. The minimum Gasteiger partial charge on any atom is -0.488 e. The van der Waals surface area contributed by atoms with E-state index < -0.39 is 16.8 Å². The summed E-state index contributed by atoms with van der Waals surface area (Å²) in [6.45, 7) is 4.20. The van der Waals surface area contributed by atoms with Crippen molar-refractivity contribution < 1.29 is 23.3 Å². The first-order chi connectivity index (χ1) is 17.4. The van der Waals surface area contributed by atoms with Crippen molar-refractivity contribution in [3.05, 3.63) is 89.0 Å². The highest BCUT2D eigenvalue weighted by Crippen LogP contribution is 2.37. The molecule has 6 nitrogen and oxygen atoms in total. The summed E-state index contributed by atoms with van der Waals surface area (Å²) in [5.41, 5.74) is 4.62. The molecule has 5 rings (SSSR count). The number of carbonyl (C=O) groups is 1. The maximum atomic E-state index is 12.4. The summed E-state index contributed by atoms with van der Waals surface area (Å²) < 4.78 is 23.9. The summed E-state index contributed by atoms with van der Waals surface area (Å²) in [5, 5.41) is 11.6. The van der Waals surface area contributed by atoms with Gasteiger partial charge in [-0.1, -0.05) is 43.3 Å². The van der Waals surface area contributed by atoms with E-state index in [0.717, 1.165) is 32.6 Å². The molecule has 0 bridgehead atoms. The maximum absolute atomic E-state index is 12.4. The van der Waals surface area contributed by atoms with Crippen LogP contribution in [0.15, 0.2) is 76.0 Å². The molecule has 0 fully saturated rings. The Morgan fingerprint density at radius 3 is 2.50 bits per heavy atom. The molecular weight excluding hydrogens is 474 g/mol. The standard InChI is InChI=1S/C29H25NO5S/c1-4-19-11-14-25(34-16-18-9-12-20(13-10-18)36(3)33)26-22(29(31)32)15-23(30-27(19)26)28-17(2)21-7-5-6-8-24(21)35-28/h5-15H,4,16H2,1-3H3,(H,31,32). The lowest BCUT2D eigenvalue weighted by atomic mass is 10.00. The number of hydrogen-bond donors (Lipinski definition) is 1. The quantitative estimate of drug-likeness (QED) is 0.274. The Bertz CT molecular complexity index is 1640. The molecule has 0 aliphatic heterocycles. The van der Waals surface area contributed by atoms with Crippen molar-refractivity contribution in [1.82, 2.24) is 4.98 Å². The second-order valence-corrected chi connectivity index (χ2v) is 9.98. The van der Waals surface area contributed by atoms with Gasteiger partial charge in [-0.15, -0.1) is 0 Å². The van der Waals surface area contributed by atoms with Crippen LogP contribution in [0.2, 0.25) is 0 Å². The first-order valence-electron chi connectivity index (χ1n) is 11.6. The van der Waals surface area contributed by atoms with Crippen LogP contribution < -0.4 is 4.74 Å². The van der Waals surface area contributed by atoms with Crippen LogP contribution in [0.3, 0.4) is 0 Å². The number of pyridine rings is 1. The van der Waals surface area contributed by atoms with E-state index in [0.29, 0.717) is 34.5 Å². The summed E-state index contributed by atoms with van der Waals surface area (Å²) in [7, 11) is -1.06. The topological polar surface area (TPSA) is 89.6 Å². The molecule has 0 spiro atoms. The molecule has 0 aliphatic rings. The van der Waals surface area contributed by atoms with E-state index in [9.17, 15) is 14.1 Å². The number of furan rings is 1. The van der Waals surface area contributed by atoms with Gasteiger partial charge in [0.2, 0.25) is 0 Å². The summed E-state index contributed by atoms with van der Waals surface area (Å²) in [4.78, 5) is 18.1. The Morgan fingerprint density at radius 2 is 1.83 bits per heavy atom. The van der Waals surface area contributed by atoms with E-state index >= 15 is 0 Å². The van der Waals surface area contributed by atoms with Gasteiger partial charge in [0.05, 0.1) is 16.5 Å². The normalized spacial score (nSPS) is 12.2. The van der Waals surface area contributed by atoms with Gasteiger partial charge >= 0.3 is 5.97 Å². The van der Waals surface area contributed by atoms with Gasteiger partial charge in [-0.3, -0.25) is 4.21 Å². The number of aryl methyl sites for hydroxylation is 2. The molecule has 5 aromatic rings. The smallest absolute Gasteiger partial charge is 0.336 e. The van der Waals surface area contributed by atoms with Gasteiger partial charge in [-0.25, -0.2) is 9.78 Å². The van der Waals surface area contributed by atoms with Crippen molar-refractivity contribution in [3.8, 4) is 17.2 Å². The van der Waals surface area contributed by atoms with E-state index in [2.05, 4.69) is 0 Å².